The van der Waals surface area contributed by atoms with Crippen LogP contribution in [0.25, 0.3) is 6.08 Å². The van der Waals surface area contributed by atoms with Crippen molar-refractivity contribution in [1.82, 2.24) is 0 Å². The maximum Gasteiger partial charge on any atom is 0.328 e. The molecule has 0 aliphatic rings. The third-order valence-electron chi connectivity index (χ3n) is 3.64. The summed E-state index contributed by atoms with van der Waals surface area (Å²) in [5, 5.41) is 8.73. The molecule has 0 saturated carbocycles. The Labute approximate surface area is 147 Å². The molecule has 0 aliphatic heterocycles. The molecule has 0 fully saturated rings. The molecule has 0 spiro atoms. The molecule has 0 saturated heterocycles. The van der Waals surface area contributed by atoms with Crippen molar-refractivity contribution in [3.8, 4) is 5.75 Å². The molecule has 0 radical (unpaired) electrons. The van der Waals surface area contributed by atoms with E-state index in [2.05, 4.69) is 0 Å². The molecule has 0 amide bonds. The number of methoxy groups -OCH3 is 1. The Hall–Kier alpha value is -2.80. The highest BCUT2D eigenvalue weighted by Crippen LogP contribution is 2.30. The number of aliphatic carboxylic acids is 1. The molecular weight excluding hydrogens is 342 g/mol. The molecule has 0 aromatic heterocycles. The predicted molar refractivity (Wildman–Crippen MR) is 96.4 cm³/mol. The molecule has 2 rings (SSSR count). The largest absolute Gasteiger partial charge is 0.495 e. The fraction of sp³-hybridized carbons (Fsp3) is 0.167. The Morgan fingerprint density at radius 2 is 1.80 bits per heavy atom. The average Bonchev–Trinajstić information content (AvgIpc) is 2.59. The number of carboxylic acids is 1. The van der Waals surface area contributed by atoms with Crippen LogP contribution in [0.4, 0.5) is 5.69 Å². The van der Waals surface area contributed by atoms with Crippen LogP contribution in [0.2, 0.25) is 0 Å². The van der Waals surface area contributed by atoms with E-state index in [-0.39, 0.29) is 10.6 Å². The van der Waals surface area contributed by atoms with Crippen molar-refractivity contribution in [2.24, 2.45) is 0 Å². The number of rotatable bonds is 6. The number of carboxylic acid groups (broad SMARTS) is 1. The summed E-state index contributed by atoms with van der Waals surface area (Å²) >= 11 is 0. The van der Waals surface area contributed by atoms with Gasteiger partial charge < -0.3 is 9.84 Å². The zero-order valence-corrected chi connectivity index (χ0v) is 14.9. The Balaban J connectivity index is 2.51. The zero-order chi connectivity index (χ0) is 18.6. The van der Waals surface area contributed by atoms with Crippen LogP contribution in [0.3, 0.4) is 0 Å². The van der Waals surface area contributed by atoms with Crippen LogP contribution in [-0.2, 0) is 14.8 Å². The average molecular weight is 361 g/mol. The molecule has 6 nitrogen and oxygen atoms in total. The van der Waals surface area contributed by atoms with Gasteiger partial charge in [0.05, 0.1) is 12.8 Å². The van der Waals surface area contributed by atoms with Gasteiger partial charge >= 0.3 is 5.97 Å². The maximum absolute atomic E-state index is 13.0. The summed E-state index contributed by atoms with van der Waals surface area (Å²) < 4.78 is 32.3. The number of aryl methyl sites for hydroxylation is 1. The van der Waals surface area contributed by atoms with E-state index in [0.29, 0.717) is 11.3 Å². The number of sulfonamides is 1. The topological polar surface area (TPSA) is 83.9 Å². The van der Waals surface area contributed by atoms with Crippen molar-refractivity contribution in [3.05, 3.63) is 59.7 Å². The number of carbonyl (C=O) groups is 1. The molecule has 0 bridgehead atoms. The Morgan fingerprint density at radius 1 is 1.16 bits per heavy atom. The lowest BCUT2D eigenvalue weighted by Gasteiger charge is -2.21. The van der Waals surface area contributed by atoms with Crippen LogP contribution in [0.15, 0.2) is 53.4 Å². The lowest BCUT2D eigenvalue weighted by Crippen LogP contribution is -2.27. The van der Waals surface area contributed by atoms with Crippen molar-refractivity contribution in [3.63, 3.8) is 0 Å². The van der Waals surface area contributed by atoms with Gasteiger partial charge in [0, 0.05) is 13.1 Å². The fourth-order valence-electron chi connectivity index (χ4n) is 2.21. The lowest BCUT2D eigenvalue weighted by molar-refractivity contribution is -0.131. The first kappa shape index (κ1) is 18.5. The third-order valence-corrected chi connectivity index (χ3v) is 5.45. The molecular formula is C18H19NO5S. The summed E-state index contributed by atoms with van der Waals surface area (Å²) in [5.41, 5.74) is 1.98. The van der Waals surface area contributed by atoms with Gasteiger partial charge in [-0.15, -0.1) is 0 Å². The molecule has 0 atom stereocenters. The second kappa shape index (κ2) is 7.40. The van der Waals surface area contributed by atoms with Crippen LogP contribution < -0.4 is 9.04 Å². The SMILES string of the molecule is COc1ccc(C=CC(=O)O)cc1S(=O)(=O)N(C)c1ccc(C)cc1. The minimum Gasteiger partial charge on any atom is -0.495 e. The molecule has 0 aliphatic carbocycles. The summed E-state index contributed by atoms with van der Waals surface area (Å²) in [6.07, 6.45) is 2.27. The van der Waals surface area contributed by atoms with Gasteiger partial charge in [-0.25, -0.2) is 13.2 Å². The smallest absolute Gasteiger partial charge is 0.328 e. The van der Waals surface area contributed by atoms with Crippen LogP contribution >= 0.6 is 0 Å². The van der Waals surface area contributed by atoms with E-state index in [4.69, 9.17) is 9.84 Å². The second-order valence-electron chi connectivity index (χ2n) is 5.39. The van der Waals surface area contributed by atoms with Crippen LogP contribution in [0.5, 0.6) is 5.75 Å². The van der Waals surface area contributed by atoms with E-state index in [1.54, 1.807) is 18.2 Å². The summed E-state index contributed by atoms with van der Waals surface area (Å²) in [6, 6.07) is 11.6. The first-order valence-corrected chi connectivity index (χ1v) is 8.84. The van der Waals surface area contributed by atoms with Crippen LogP contribution in [0, 0.1) is 6.92 Å². The van der Waals surface area contributed by atoms with Gasteiger partial charge in [-0.2, -0.15) is 0 Å². The summed E-state index contributed by atoms with van der Waals surface area (Å²) in [7, 11) is -1.04. The quantitative estimate of drug-likeness (QED) is 0.800. The second-order valence-corrected chi connectivity index (χ2v) is 7.33. The summed E-state index contributed by atoms with van der Waals surface area (Å²) in [4.78, 5) is 10.6. The molecule has 0 heterocycles. The van der Waals surface area contributed by atoms with Crippen molar-refractivity contribution in [2.45, 2.75) is 11.8 Å². The zero-order valence-electron chi connectivity index (χ0n) is 14.1. The number of ether oxygens (including phenoxy) is 1. The highest BCUT2D eigenvalue weighted by Gasteiger charge is 2.25. The van der Waals surface area contributed by atoms with Crippen molar-refractivity contribution < 1.29 is 23.1 Å². The standard InChI is InChI=1S/C18H19NO5S/c1-13-4-8-15(9-5-13)19(2)25(22,23)17-12-14(7-11-18(20)21)6-10-16(17)24-3/h4-12H,1-3H3,(H,20,21). The minimum absolute atomic E-state index is 0.0365. The first-order valence-electron chi connectivity index (χ1n) is 7.40. The Morgan fingerprint density at radius 3 is 2.36 bits per heavy atom. The summed E-state index contributed by atoms with van der Waals surface area (Å²) in [6.45, 7) is 1.92. The van der Waals surface area contributed by atoms with Crippen molar-refractivity contribution >= 4 is 27.8 Å². The normalized spacial score (nSPS) is 11.5. The Kier molecular flexibility index (Phi) is 5.48. The highest BCUT2D eigenvalue weighted by atomic mass is 32.2. The number of hydrogen-bond acceptors (Lipinski definition) is 4. The molecule has 7 heteroatoms. The molecule has 2 aromatic rings. The maximum atomic E-state index is 13.0. The molecule has 0 unspecified atom stereocenters. The van der Waals surface area contributed by atoms with Gasteiger partial charge in [0.15, 0.2) is 0 Å². The van der Waals surface area contributed by atoms with Crippen LogP contribution in [-0.4, -0.2) is 33.7 Å². The van der Waals surface area contributed by atoms with E-state index in [0.717, 1.165) is 15.9 Å². The first-order chi connectivity index (χ1) is 11.8. The van der Waals surface area contributed by atoms with Gasteiger partial charge in [0.25, 0.3) is 10.0 Å². The molecule has 25 heavy (non-hydrogen) atoms. The molecule has 132 valence electrons. The van der Waals surface area contributed by atoms with E-state index in [1.807, 2.05) is 19.1 Å². The number of hydrogen-bond donors (Lipinski definition) is 1. The summed E-state index contributed by atoms with van der Waals surface area (Å²) in [5.74, 6) is -0.927. The molecule has 1 N–H and O–H groups in total. The van der Waals surface area contributed by atoms with Gasteiger partial charge in [-0.05, 0) is 42.8 Å². The minimum atomic E-state index is -3.88. The number of anilines is 1. The highest BCUT2D eigenvalue weighted by molar-refractivity contribution is 7.92. The fourth-order valence-corrected chi connectivity index (χ4v) is 3.59. The monoisotopic (exact) mass is 361 g/mol. The number of nitrogens with zero attached hydrogens (tertiary/aromatic N) is 1. The van der Waals surface area contributed by atoms with Gasteiger partial charge in [0.1, 0.15) is 10.6 Å². The Bertz CT molecular complexity index is 902. The van der Waals surface area contributed by atoms with Crippen molar-refractivity contribution in [1.29, 1.82) is 0 Å². The van der Waals surface area contributed by atoms with Gasteiger partial charge in [0.2, 0.25) is 0 Å². The third kappa shape index (κ3) is 4.19. The lowest BCUT2D eigenvalue weighted by atomic mass is 10.2. The van der Waals surface area contributed by atoms with Gasteiger partial charge in [-0.3, -0.25) is 4.31 Å². The van der Waals surface area contributed by atoms with Crippen molar-refractivity contribution in [2.75, 3.05) is 18.5 Å². The predicted octanol–water partition coefficient (Wildman–Crippen LogP) is 2.93. The van der Waals surface area contributed by atoms with Gasteiger partial charge in [-0.1, -0.05) is 23.8 Å². The van der Waals surface area contributed by atoms with E-state index in [9.17, 15) is 13.2 Å². The van der Waals surface area contributed by atoms with E-state index >= 15 is 0 Å². The van der Waals surface area contributed by atoms with E-state index < -0.39 is 16.0 Å². The molecule has 2 aromatic carbocycles. The van der Waals surface area contributed by atoms with E-state index in [1.165, 1.54) is 32.4 Å². The van der Waals surface area contributed by atoms with Crippen LogP contribution in [0.1, 0.15) is 11.1 Å². The number of benzene rings is 2.